The van der Waals surface area contributed by atoms with Crippen LogP contribution in [0.5, 0.6) is 0 Å². The topological polar surface area (TPSA) is 62.2 Å². The van der Waals surface area contributed by atoms with Crippen molar-refractivity contribution >= 4 is 5.97 Å². The average molecular weight is 234 g/mol. The summed E-state index contributed by atoms with van der Waals surface area (Å²) in [6.45, 7) is 3.90. The lowest BCUT2D eigenvalue weighted by Gasteiger charge is -2.09. The molecule has 4 heteroatoms. The highest BCUT2D eigenvalue weighted by Crippen LogP contribution is 2.05. The molecule has 1 rings (SSSR count). The van der Waals surface area contributed by atoms with Gasteiger partial charge in [0.2, 0.25) is 0 Å². The maximum absolute atomic E-state index is 10.5. The second-order valence-corrected chi connectivity index (χ2v) is 3.83. The van der Waals surface area contributed by atoms with Crippen molar-refractivity contribution in [3.63, 3.8) is 0 Å². The van der Waals surface area contributed by atoms with Crippen molar-refractivity contribution in [1.29, 1.82) is 0 Å². The number of allylic oxidation sites excluding steroid dienone is 2. The summed E-state index contributed by atoms with van der Waals surface area (Å²) in [6.07, 6.45) is 3.50. The average Bonchev–Trinajstić information content (AvgIpc) is 2.26. The van der Waals surface area contributed by atoms with Crippen LogP contribution in [0, 0.1) is 6.92 Å². The molecule has 1 aromatic rings. The summed E-state index contributed by atoms with van der Waals surface area (Å²) in [7, 11) is 0. The van der Waals surface area contributed by atoms with Crippen LogP contribution in [-0.4, -0.2) is 22.6 Å². The zero-order chi connectivity index (χ0) is 12.7. The first-order valence-corrected chi connectivity index (χ1v) is 5.69. The van der Waals surface area contributed by atoms with Gasteiger partial charge in [-0.2, -0.15) is 0 Å². The summed E-state index contributed by atoms with van der Waals surface area (Å²) in [5.74, 6) is -0.857. The Labute approximate surface area is 101 Å². The van der Waals surface area contributed by atoms with Crippen LogP contribution in [0.2, 0.25) is 0 Å². The van der Waals surface area contributed by atoms with E-state index in [1.807, 2.05) is 38.1 Å². The minimum absolute atomic E-state index is 0.0579. The van der Waals surface area contributed by atoms with E-state index in [9.17, 15) is 4.79 Å². The van der Waals surface area contributed by atoms with E-state index in [0.717, 1.165) is 23.5 Å². The van der Waals surface area contributed by atoms with Gasteiger partial charge in [-0.05, 0) is 25.5 Å². The number of hydrogen-bond donors (Lipinski definition) is 2. The molecule has 0 unspecified atom stereocenters. The molecule has 2 N–H and O–H groups in total. The van der Waals surface area contributed by atoms with Crippen molar-refractivity contribution in [3.05, 3.63) is 41.4 Å². The third-order valence-corrected chi connectivity index (χ3v) is 2.23. The Hall–Kier alpha value is -1.84. The van der Waals surface area contributed by atoms with E-state index in [1.165, 1.54) is 0 Å². The monoisotopic (exact) mass is 234 g/mol. The Morgan fingerprint density at radius 3 is 2.88 bits per heavy atom. The van der Waals surface area contributed by atoms with Crippen molar-refractivity contribution in [2.75, 3.05) is 6.54 Å². The molecular formula is C13H18N2O2. The second kappa shape index (κ2) is 6.68. The number of rotatable bonds is 6. The van der Waals surface area contributed by atoms with Gasteiger partial charge in [0.1, 0.15) is 6.54 Å². The molecule has 0 saturated heterocycles. The van der Waals surface area contributed by atoms with Gasteiger partial charge in [0, 0.05) is 23.5 Å². The molecule has 0 amide bonds. The zero-order valence-electron chi connectivity index (χ0n) is 10.2. The number of pyridine rings is 1. The molecule has 1 heterocycles. The third-order valence-electron chi connectivity index (χ3n) is 2.23. The Kier molecular flexibility index (Phi) is 5.20. The number of hydrogen-bond acceptors (Lipinski definition) is 3. The summed E-state index contributed by atoms with van der Waals surface area (Å²) in [5, 5.41) is 11.5. The van der Waals surface area contributed by atoms with Gasteiger partial charge in [-0.15, -0.1) is 0 Å². The van der Waals surface area contributed by atoms with Crippen molar-refractivity contribution in [1.82, 2.24) is 10.3 Å². The number of carboxylic acid groups (broad SMARTS) is 1. The first-order valence-electron chi connectivity index (χ1n) is 5.69. The molecule has 4 nitrogen and oxygen atoms in total. The van der Waals surface area contributed by atoms with Crippen LogP contribution in [0.1, 0.15) is 24.7 Å². The van der Waals surface area contributed by atoms with Crippen molar-refractivity contribution in [2.45, 2.75) is 26.7 Å². The zero-order valence-corrected chi connectivity index (χ0v) is 10.2. The fraction of sp³-hybridized carbons (Fsp3) is 0.385. The highest BCUT2D eigenvalue weighted by atomic mass is 16.4. The fourth-order valence-electron chi connectivity index (χ4n) is 1.54. The molecule has 1 aromatic heterocycles. The molecule has 0 aliphatic rings. The first kappa shape index (κ1) is 13.2. The highest BCUT2D eigenvalue weighted by Gasteiger charge is 2.03. The Morgan fingerprint density at radius 1 is 1.53 bits per heavy atom. The predicted molar refractivity (Wildman–Crippen MR) is 66.7 cm³/mol. The van der Waals surface area contributed by atoms with E-state index in [4.69, 9.17) is 5.11 Å². The van der Waals surface area contributed by atoms with E-state index >= 15 is 0 Å². The fourth-order valence-corrected chi connectivity index (χ4v) is 1.54. The van der Waals surface area contributed by atoms with Gasteiger partial charge in [-0.3, -0.25) is 9.78 Å². The van der Waals surface area contributed by atoms with E-state index in [0.29, 0.717) is 6.42 Å². The van der Waals surface area contributed by atoms with Crippen LogP contribution < -0.4 is 5.32 Å². The van der Waals surface area contributed by atoms with Crippen LogP contribution in [-0.2, 0) is 11.2 Å². The van der Waals surface area contributed by atoms with Gasteiger partial charge in [-0.25, -0.2) is 0 Å². The molecule has 17 heavy (non-hydrogen) atoms. The molecule has 0 saturated carbocycles. The van der Waals surface area contributed by atoms with E-state index in [-0.39, 0.29) is 6.54 Å². The Morgan fingerprint density at radius 2 is 2.29 bits per heavy atom. The van der Waals surface area contributed by atoms with E-state index < -0.39 is 5.97 Å². The molecule has 0 radical (unpaired) electrons. The van der Waals surface area contributed by atoms with Crippen LogP contribution in [0.4, 0.5) is 0 Å². The smallest absolute Gasteiger partial charge is 0.322 e. The van der Waals surface area contributed by atoms with Crippen molar-refractivity contribution in [3.8, 4) is 0 Å². The van der Waals surface area contributed by atoms with E-state index in [2.05, 4.69) is 10.3 Å². The second-order valence-electron chi connectivity index (χ2n) is 3.83. The van der Waals surface area contributed by atoms with Gasteiger partial charge in [0.05, 0.1) is 0 Å². The van der Waals surface area contributed by atoms with Gasteiger partial charge in [0.25, 0.3) is 0 Å². The number of nitrogens with zero attached hydrogens (tertiary/aromatic N) is 1. The first-order chi connectivity index (χ1) is 8.11. The van der Waals surface area contributed by atoms with Gasteiger partial charge in [-0.1, -0.05) is 19.1 Å². The van der Waals surface area contributed by atoms with Crippen molar-refractivity contribution in [2.24, 2.45) is 0 Å². The number of carbonyl (C=O) groups is 1. The lowest BCUT2D eigenvalue weighted by atomic mass is 10.2. The molecule has 92 valence electrons. The summed E-state index contributed by atoms with van der Waals surface area (Å²) >= 11 is 0. The molecule has 0 aliphatic carbocycles. The number of aliphatic carboxylic acids is 1. The number of aromatic nitrogens is 1. The Bertz CT molecular complexity index is 414. The lowest BCUT2D eigenvalue weighted by Crippen LogP contribution is -2.23. The molecule has 0 atom stereocenters. The van der Waals surface area contributed by atoms with Gasteiger partial charge >= 0.3 is 5.97 Å². The molecule has 0 fully saturated rings. The van der Waals surface area contributed by atoms with Crippen molar-refractivity contribution < 1.29 is 9.90 Å². The lowest BCUT2D eigenvalue weighted by molar-refractivity contribution is -0.135. The molecule has 0 bridgehead atoms. The number of aryl methyl sites for hydroxylation is 1. The highest BCUT2D eigenvalue weighted by molar-refractivity contribution is 5.69. The normalized spacial score (nSPS) is 11.3. The number of carboxylic acids is 1. The minimum atomic E-state index is -0.857. The maximum atomic E-state index is 10.5. The minimum Gasteiger partial charge on any atom is -0.480 e. The largest absolute Gasteiger partial charge is 0.480 e. The Balaban J connectivity index is 2.67. The summed E-state index contributed by atoms with van der Waals surface area (Å²) in [5.41, 5.74) is 2.83. The van der Waals surface area contributed by atoms with Crippen LogP contribution in [0.25, 0.3) is 0 Å². The van der Waals surface area contributed by atoms with Crippen LogP contribution in [0.3, 0.4) is 0 Å². The molecule has 0 aromatic carbocycles. The maximum Gasteiger partial charge on any atom is 0.322 e. The van der Waals surface area contributed by atoms with Crippen LogP contribution >= 0.6 is 0 Å². The predicted octanol–water partition coefficient (Wildman–Crippen LogP) is 1.90. The molecule has 0 aliphatic heterocycles. The molecular weight excluding hydrogens is 216 g/mol. The summed E-state index contributed by atoms with van der Waals surface area (Å²) < 4.78 is 0. The standard InChI is InChI=1S/C13H18N2O2/c1-3-5-11(14-9-13(16)17)8-12-7-4-6-10(2)15-12/h4-7,14H,3,8-9H2,1-2H3,(H,16,17)/b11-5+. The number of nitrogens with one attached hydrogen (secondary N) is 1. The van der Waals surface area contributed by atoms with Gasteiger partial charge < -0.3 is 10.4 Å². The third kappa shape index (κ3) is 5.15. The van der Waals surface area contributed by atoms with E-state index in [1.54, 1.807) is 0 Å². The van der Waals surface area contributed by atoms with Gasteiger partial charge in [0.15, 0.2) is 0 Å². The van der Waals surface area contributed by atoms with Crippen LogP contribution in [0.15, 0.2) is 30.0 Å². The quantitative estimate of drug-likeness (QED) is 0.789. The molecule has 0 spiro atoms. The SMILES string of the molecule is CC/C=C(\Cc1cccc(C)n1)NCC(=O)O. The summed E-state index contributed by atoms with van der Waals surface area (Å²) in [6, 6.07) is 5.84. The summed E-state index contributed by atoms with van der Waals surface area (Å²) in [4.78, 5) is 14.9.